The molecule has 2 bridgehead atoms. The molecule has 0 saturated carbocycles. The van der Waals surface area contributed by atoms with Crippen LogP contribution in [0.2, 0.25) is 0 Å². The number of methoxy groups -OCH3 is 1. The standard InChI is InChI=1S/C20H19BrN6O2S/c1-29-19-14(4-3-9-23-19)18(28)22-10-11-27-17-15(30-2)16(25-20(27)26-17)24-13-7-5-12(21)6-8-13/h3-9H,10-11H2,1-2H3,(H,22,28)(H,24,25,26). The maximum atomic E-state index is 12.4. The molecule has 0 atom stereocenters. The molecular weight excluding hydrogens is 468 g/mol. The van der Waals surface area contributed by atoms with Crippen LogP contribution in [0.15, 0.2) is 57.0 Å². The number of amides is 1. The number of rotatable bonds is 7. The number of hydrogen-bond donors (Lipinski definition) is 2. The number of fused-ring (bicyclic) bond motifs is 2. The van der Waals surface area contributed by atoms with Crippen LogP contribution in [-0.2, 0) is 6.54 Å². The summed E-state index contributed by atoms with van der Waals surface area (Å²) in [6, 6.07) is 11.2. The summed E-state index contributed by atoms with van der Waals surface area (Å²) in [5.74, 6) is 0.812. The molecular formula is C20H19BrN6O2S. The molecule has 0 radical (unpaired) electrons. The van der Waals surface area contributed by atoms with Crippen LogP contribution in [0.1, 0.15) is 10.4 Å². The highest BCUT2D eigenvalue weighted by atomic mass is 79.9. The number of hydrogen-bond acceptors (Lipinski definition) is 6. The summed E-state index contributed by atoms with van der Waals surface area (Å²) in [6.07, 6.45) is 3.58. The summed E-state index contributed by atoms with van der Waals surface area (Å²) in [7, 11) is 1.49. The second kappa shape index (κ2) is 8.88. The molecule has 0 unspecified atom stereocenters. The van der Waals surface area contributed by atoms with Crippen LogP contribution >= 0.6 is 27.7 Å². The quantitative estimate of drug-likeness (QED) is 0.390. The molecule has 8 nitrogen and oxygen atoms in total. The van der Waals surface area contributed by atoms with E-state index in [9.17, 15) is 4.79 Å². The minimum absolute atomic E-state index is 0.225. The molecule has 2 N–H and O–H groups in total. The number of pyridine rings is 1. The van der Waals surface area contributed by atoms with Gasteiger partial charge in [0.2, 0.25) is 11.7 Å². The molecule has 10 heteroatoms. The number of aromatic nitrogens is 4. The lowest BCUT2D eigenvalue weighted by molar-refractivity contribution is 0.0948. The van der Waals surface area contributed by atoms with E-state index in [1.807, 2.05) is 35.1 Å². The molecule has 0 aliphatic heterocycles. The van der Waals surface area contributed by atoms with E-state index >= 15 is 0 Å². The number of carbonyl (C=O) groups excluding carboxylic acids is 1. The van der Waals surface area contributed by atoms with E-state index in [0.29, 0.717) is 30.0 Å². The van der Waals surface area contributed by atoms with Crippen molar-refractivity contribution in [3.8, 4) is 5.88 Å². The van der Waals surface area contributed by atoms with Crippen LogP contribution in [0.3, 0.4) is 0 Å². The van der Waals surface area contributed by atoms with E-state index in [1.165, 1.54) is 7.11 Å². The predicted molar refractivity (Wildman–Crippen MR) is 120 cm³/mol. The molecule has 30 heavy (non-hydrogen) atoms. The summed E-state index contributed by atoms with van der Waals surface area (Å²) in [6.45, 7) is 1.03. The van der Waals surface area contributed by atoms with Crippen LogP contribution in [-0.4, -0.2) is 45.3 Å². The van der Waals surface area contributed by atoms with Crippen molar-refractivity contribution in [2.45, 2.75) is 11.4 Å². The van der Waals surface area contributed by atoms with Gasteiger partial charge in [0.1, 0.15) is 11.2 Å². The smallest absolute Gasteiger partial charge is 0.256 e. The Hall–Kier alpha value is -2.85. The molecule has 1 amide bonds. The highest BCUT2D eigenvalue weighted by Crippen LogP contribution is 2.22. The number of carbonyl (C=O) groups is 1. The molecule has 0 spiro atoms. The van der Waals surface area contributed by atoms with Gasteiger partial charge in [0.25, 0.3) is 5.91 Å². The van der Waals surface area contributed by atoms with Crippen molar-refractivity contribution in [1.29, 1.82) is 0 Å². The average Bonchev–Trinajstić information content (AvgIpc) is 2.77. The molecule has 0 aliphatic carbocycles. The number of benzene rings is 1. The van der Waals surface area contributed by atoms with Gasteiger partial charge in [0.05, 0.1) is 17.7 Å². The Labute approximate surface area is 185 Å². The third kappa shape index (κ3) is 4.05. The first-order valence-electron chi connectivity index (χ1n) is 9.14. The van der Waals surface area contributed by atoms with Gasteiger partial charge in [-0.3, -0.25) is 9.36 Å². The maximum absolute atomic E-state index is 12.4. The van der Waals surface area contributed by atoms with Gasteiger partial charge in [-0.25, -0.2) is 9.98 Å². The summed E-state index contributed by atoms with van der Waals surface area (Å²) in [4.78, 5) is 30.0. The van der Waals surface area contributed by atoms with Crippen molar-refractivity contribution in [2.75, 3.05) is 19.9 Å². The fourth-order valence-electron chi connectivity index (χ4n) is 3.04. The van der Waals surface area contributed by atoms with Gasteiger partial charge in [-0.05, 0) is 42.7 Å². The van der Waals surface area contributed by atoms with Crippen LogP contribution in [0.4, 0.5) is 5.69 Å². The number of halogens is 1. The second-order valence-corrected chi connectivity index (χ2v) is 8.05. The fourth-order valence-corrected chi connectivity index (χ4v) is 3.93. The number of aromatic amines is 1. The van der Waals surface area contributed by atoms with Gasteiger partial charge in [-0.2, -0.15) is 4.98 Å². The van der Waals surface area contributed by atoms with Crippen molar-refractivity contribution in [3.63, 3.8) is 0 Å². The van der Waals surface area contributed by atoms with Crippen LogP contribution in [0, 0.1) is 0 Å². The minimum atomic E-state index is -0.225. The molecule has 154 valence electrons. The molecule has 0 aliphatic rings. The largest absolute Gasteiger partial charge is 0.480 e. The first-order chi connectivity index (χ1) is 14.6. The van der Waals surface area contributed by atoms with E-state index in [4.69, 9.17) is 4.74 Å². The molecule has 4 heterocycles. The summed E-state index contributed by atoms with van der Waals surface area (Å²) in [5, 5.41) is 2.90. The second-order valence-electron chi connectivity index (χ2n) is 6.32. The molecule has 4 aromatic heterocycles. The zero-order chi connectivity index (χ0) is 21.1. The molecule has 1 aromatic carbocycles. The van der Waals surface area contributed by atoms with Crippen molar-refractivity contribution in [3.05, 3.63) is 58.1 Å². The number of nitrogens with zero attached hydrogens (tertiary/aromatic N) is 4. The zero-order valence-corrected chi connectivity index (χ0v) is 18.7. The van der Waals surface area contributed by atoms with Crippen molar-refractivity contribution in [2.24, 2.45) is 4.99 Å². The molecule has 5 aromatic rings. The maximum Gasteiger partial charge on any atom is 0.256 e. The number of ether oxygens (including phenoxy) is 1. The van der Waals surface area contributed by atoms with Crippen LogP contribution < -0.4 is 15.5 Å². The average molecular weight is 487 g/mol. The highest BCUT2D eigenvalue weighted by molar-refractivity contribution is 9.10. The number of H-pyrrole nitrogens is 1. The topological polar surface area (TPSA) is 97.2 Å². The van der Waals surface area contributed by atoms with Gasteiger partial charge in [-0.1, -0.05) is 15.9 Å². The number of thioether (sulfide) groups is 1. The SMILES string of the molecule is COc1ncccc1C(=O)NCCn1c2nc(=Nc3ccc(Br)cc3)c(SC)c1[nH]2. The Balaban J connectivity index is 1.50. The van der Waals surface area contributed by atoms with Crippen LogP contribution in [0.5, 0.6) is 5.88 Å². The third-order valence-electron chi connectivity index (χ3n) is 4.48. The van der Waals surface area contributed by atoms with Gasteiger partial charge < -0.3 is 15.0 Å². The van der Waals surface area contributed by atoms with E-state index in [1.54, 1.807) is 30.1 Å². The lowest BCUT2D eigenvalue weighted by Crippen LogP contribution is -2.31. The fraction of sp³-hybridized carbons (Fsp3) is 0.200. The molecule has 0 saturated heterocycles. The number of nitrogens with one attached hydrogen (secondary N) is 2. The Morgan fingerprint density at radius 2 is 2.13 bits per heavy atom. The Bertz CT molecular complexity index is 1230. The van der Waals surface area contributed by atoms with E-state index in [0.717, 1.165) is 26.5 Å². The Morgan fingerprint density at radius 3 is 2.87 bits per heavy atom. The van der Waals surface area contributed by atoms with Gasteiger partial charge in [0.15, 0.2) is 5.49 Å². The van der Waals surface area contributed by atoms with E-state index in [2.05, 4.69) is 41.2 Å². The molecule has 5 rings (SSSR count). The summed E-state index contributed by atoms with van der Waals surface area (Å²) in [5.41, 5.74) is 2.90. The zero-order valence-electron chi connectivity index (χ0n) is 16.3. The lowest BCUT2D eigenvalue weighted by Gasteiger charge is -2.19. The monoisotopic (exact) mass is 486 g/mol. The van der Waals surface area contributed by atoms with Crippen molar-refractivity contribution in [1.82, 2.24) is 24.8 Å². The normalized spacial score (nSPS) is 11.9. The van der Waals surface area contributed by atoms with E-state index < -0.39 is 0 Å². The Kier molecular flexibility index (Phi) is 6.05. The van der Waals surface area contributed by atoms with Crippen molar-refractivity contribution < 1.29 is 9.53 Å². The van der Waals surface area contributed by atoms with E-state index in [-0.39, 0.29) is 5.91 Å². The highest BCUT2D eigenvalue weighted by Gasteiger charge is 2.17. The summed E-state index contributed by atoms with van der Waals surface area (Å²) >= 11 is 5.01. The van der Waals surface area contributed by atoms with Crippen LogP contribution in [0.25, 0.3) is 11.4 Å². The lowest BCUT2D eigenvalue weighted by atomic mass is 10.2. The van der Waals surface area contributed by atoms with Gasteiger partial charge >= 0.3 is 0 Å². The minimum Gasteiger partial charge on any atom is -0.480 e. The predicted octanol–water partition coefficient (Wildman–Crippen LogP) is 3.35. The third-order valence-corrected chi connectivity index (χ3v) is 5.79. The van der Waals surface area contributed by atoms with Crippen molar-refractivity contribution >= 4 is 50.7 Å². The van der Waals surface area contributed by atoms with Gasteiger partial charge in [-0.15, -0.1) is 11.8 Å². The first-order valence-corrected chi connectivity index (χ1v) is 11.2. The Morgan fingerprint density at radius 1 is 1.33 bits per heavy atom. The molecule has 0 fully saturated rings. The summed E-state index contributed by atoms with van der Waals surface area (Å²) < 4.78 is 8.19. The first kappa shape index (κ1) is 20.4. The van der Waals surface area contributed by atoms with Gasteiger partial charge in [0, 0.05) is 23.8 Å².